The Kier molecular flexibility index (Phi) is 18.6. The number of carbonyl (C=O) groups is 6. The van der Waals surface area contributed by atoms with Crippen molar-refractivity contribution in [3.63, 3.8) is 0 Å². The van der Waals surface area contributed by atoms with Crippen molar-refractivity contribution in [2.75, 3.05) is 0 Å². The molecule has 0 bridgehead atoms. The summed E-state index contributed by atoms with van der Waals surface area (Å²) in [7, 11) is 0. The third kappa shape index (κ3) is 11.4. The van der Waals surface area contributed by atoms with Crippen LogP contribution in [0.1, 0.15) is 165 Å². The van der Waals surface area contributed by atoms with Gasteiger partial charge in [-0.15, -0.1) is 72.8 Å². The topological polar surface area (TPSA) is 149 Å². The molecule has 364 valence electrons. The molecule has 0 aromatic heterocycles. The Hall–Kier alpha value is -3.40. The Balaban J connectivity index is 0.000000174. The van der Waals surface area contributed by atoms with Gasteiger partial charge in [-0.25, -0.2) is 0 Å². The van der Waals surface area contributed by atoms with Crippen LogP contribution < -0.4 is 10.2 Å². The molecule has 0 amide bonds. The second-order valence-electron chi connectivity index (χ2n) is 22.1. The summed E-state index contributed by atoms with van der Waals surface area (Å²) in [6.45, 7) is 12.1. The van der Waals surface area contributed by atoms with Gasteiger partial charge < -0.3 is 29.4 Å². The second-order valence-corrected chi connectivity index (χ2v) is 22.1. The minimum atomic E-state index is -0.332. The van der Waals surface area contributed by atoms with E-state index in [2.05, 4.69) is 27.7 Å². The van der Waals surface area contributed by atoms with Crippen molar-refractivity contribution in [2.24, 2.45) is 57.2 Å². The number of carbonyl (C=O) groups excluding carboxylic acids is 6. The summed E-state index contributed by atoms with van der Waals surface area (Å²) in [5.41, 5.74) is 4.58. The number of ketones is 6. The van der Waals surface area contributed by atoms with Gasteiger partial charge in [-0.05, 0) is 147 Å². The van der Waals surface area contributed by atoms with Gasteiger partial charge in [0, 0.05) is 24.4 Å². The van der Waals surface area contributed by atoms with Crippen LogP contribution in [0.4, 0.5) is 0 Å². The van der Waals surface area contributed by atoms with Crippen LogP contribution in [0.25, 0.3) is 0 Å². The fourth-order valence-electron chi connectivity index (χ4n) is 14.8. The minimum Gasteiger partial charge on any atom is -0.852 e. The summed E-state index contributed by atoms with van der Waals surface area (Å²) in [5.74, 6) is 3.96. The van der Waals surface area contributed by atoms with E-state index in [1.165, 1.54) is 50.7 Å². The smallest absolute Gasteiger partial charge is 0.852 e. The molecule has 4 unspecified atom stereocenters. The van der Waals surface area contributed by atoms with Crippen LogP contribution in [0.15, 0.2) is 84.0 Å². The van der Waals surface area contributed by atoms with Crippen molar-refractivity contribution in [3.8, 4) is 0 Å². The van der Waals surface area contributed by atoms with Crippen LogP contribution >= 0.6 is 12.4 Å². The van der Waals surface area contributed by atoms with E-state index in [0.29, 0.717) is 46.4 Å². The van der Waals surface area contributed by atoms with Crippen LogP contribution in [0.3, 0.4) is 0 Å². The first-order chi connectivity index (χ1) is 31.3. The summed E-state index contributed by atoms with van der Waals surface area (Å²) in [5, 5.41) is 24.9. The summed E-state index contributed by atoms with van der Waals surface area (Å²) >= 11 is 0. The number of hydrogen-bond donors (Lipinski definition) is 0. The van der Waals surface area contributed by atoms with Gasteiger partial charge in [0.1, 0.15) is 0 Å². The molecule has 0 heterocycles. The molecular weight excluding hydrogens is 908 g/mol. The van der Waals surface area contributed by atoms with Crippen molar-refractivity contribution in [1.82, 2.24) is 0 Å². The summed E-state index contributed by atoms with van der Waals surface area (Å²) in [6.07, 6.45) is 22.4. The van der Waals surface area contributed by atoms with Crippen LogP contribution in [-0.4, -0.2) is 46.9 Å². The number of rotatable bonds is 6. The molecular formula is C58H73ClO8Ti. The first-order valence-electron chi connectivity index (χ1n) is 25.0. The van der Waals surface area contributed by atoms with Gasteiger partial charge in [0.2, 0.25) is 0 Å². The molecule has 10 heteroatoms. The van der Waals surface area contributed by atoms with Crippen molar-refractivity contribution in [1.29, 1.82) is 0 Å². The van der Waals surface area contributed by atoms with Gasteiger partial charge in [0.15, 0.2) is 11.6 Å². The zero-order valence-electron chi connectivity index (χ0n) is 41.2. The van der Waals surface area contributed by atoms with Crippen molar-refractivity contribution in [2.45, 2.75) is 156 Å². The van der Waals surface area contributed by atoms with Gasteiger partial charge in [0.25, 0.3) is 0 Å². The van der Waals surface area contributed by atoms with Crippen molar-refractivity contribution < 1.29 is 60.7 Å². The zero-order valence-corrected chi connectivity index (χ0v) is 43.6. The number of allylic oxidation sites excluding steroid dienone is 2. The maximum atomic E-state index is 12.4. The Bertz CT molecular complexity index is 2070. The fourth-order valence-corrected chi connectivity index (χ4v) is 14.8. The van der Waals surface area contributed by atoms with Crippen molar-refractivity contribution in [3.05, 3.63) is 108 Å². The van der Waals surface area contributed by atoms with E-state index in [9.17, 15) is 39.0 Å². The van der Waals surface area contributed by atoms with E-state index >= 15 is 0 Å². The van der Waals surface area contributed by atoms with E-state index < -0.39 is 0 Å². The summed E-state index contributed by atoms with van der Waals surface area (Å²) in [4.78, 5) is 67.0. The molecule has 0 aliphatic heterocycles. The zero-order chi connectivity index (χ0) is 47.6. The SMILES string of the molecule is CC(=O)[CH-]C(=O)c1ccccc1.CC(=O)[CH-]C(=O)c1ccccc1.C[C@]12CCC(=O)C=C1CC[C@@H]1C2CC[C@@]2(C)C1CC[C@@H]2[O-].C[C@]12CCC(=O)C=C1CC[C@@H]1C2CC[C@@]2(C)C1CC[C@@H]2[O-].Cl.[Ti+4]. The average Bonchev–Trinajstić information content (AvgIpc) is 3.78. The number of Topliss-reactive ketones (excluding diaryl/α,β-unsaturated/α-hetero) is 4. The normalized spacial score (nSPS) is 35.8. The van der Waals surface area contributed by atoms with E-state index in [1.54, 1.807) is 48.5 Å². The Morgan fingerprint density at radius 3 is 1.19 bits per heavy atom. The standard InChI is InChI=1S/2C19H27O2.2C10H9O2.ClH.Ti/c2*1-18-9-7-13(20)11-12(18)3-4-14-15-5-6-17(21)19(15,2)10-8-16(14)18;2*1-8(11)7-10(12)9-5-3-2-4-6-9;;/h2*11,14-17H,3-10H2,1-2H3;2*2-7H,1H3;1H;/q4*-1;;+4/t2*14-,15?,16?,17-,18-,19-;;;;/m00..../s1. The molecule has 68 heavy (non-hydrogen) atoms. The first kappa shape index (κ1) is 55.5. The van der Waals surface area contributed by atoms with E-state index in [4.69, 9.17) is 0 Å². The first-order valence-corrected chi connectivity index (χ1v) is 25.0. The van der Waals surface area contributed by atoms with Crippen LogP contribution in [0, 0.1) is 70.0 Å². The van der Waals surface area contributed by atoms with Gasteiger partial charge in [-0.3, -0.25) is 9.59 Å². The molecule has 0 radical (unpaired) electrons. The van der Waals surface area contributed by atoms with Gasteiger partial charge in [0.05, 0.1) is 11.6 Å². The monoisotopic (exact) mass is 980 g/mol. The average molecular weight is 982 g/mol. The van der Waals surface area contributed by atoms with Crippen LogP contribution in [0.2, 0.25) is 0 Å². The van der Waals surface area contributed by atoms with E-state index in [-0.39, 0.29) is 91.1 Å². The van der Waals surface area contributed by atoms with Gasteiger partial charge >= 0.3 is 21.7 Å². The molecule has 12 atom stereocenters. The maximum absolute atomic E-state index is 12.4. The summed E-state index contributed by atoms with van der Waals surface area (Å²) < 4.78 is 0. The molecule has 0 spiro atoms. The molecule has 6 fully saturated rings. The molecule has 2 aromatic carbocycles. The number of benzene rings is 2. The molecule has 10 rings (SSSR count). The number of hydrogen-bond acceptors (Lipinski definition) is 8. The van der Waals surface area contributed by atoms with Crippen LogP contribution in [-0.2, 0) is 40.9 Å². The quantitative estimate of drug-likeness (QED) is 0.120. The Morgan fingerprint density at radius 2 is 0.853 bits per heavy atom. The molecule has 6 saturated carbocycles. The predicted octanol–water partition coefficient (Wildman–Crippen LogP) is 10.2. The van der Waals surface area contributed by atoms with Gasteiger partial charge in [-0.1, -0.05) is 101 Å². The Morgan fingerprint density at radius 1 is 0.500 bits per heavy atom. The molecule has 8 aliphatic carbocycles. The molecule has 0 N–H and O–H groups in total. The van der Waals surface area contributed by atoms with E-state index in [1.807, 2.05) is 24.3 Å². The predicted molar refractivity (Wildman–Crippen MR) is 260 cm³/mol. The molecule has 8 aliphatic rings. The minimum absolute atomic E-state index is 0. The Labute approximate surface area is 427 Å². The fraction of sp³-hybridized carbons (Fsp3) is 0.586. The molecule has 8 nitrogen and oxygen atoms in total. The number of halogens is 1. The molecule has 2 aromatic rings. The third-order valence-electron chi connectivity index (χ3n) is 18.5. The second kappa shape index (κ2) is 22.8. The largest absolute Gasteiger partial charge is 4.00 e. The maximum Gasteiger partial charge on any atom is 4.00 e. The van der Waals surface area contributed by atoms with E-state index in [0.717, 1.165) is 102 Å². The van der Waals surface area contributed by atoms with Gasteiger partial charge in [-0.2, -0.15) is 0 Å². The van der Waals surface area contributed by atoms with Crippen molar-refractivity contribution >= 4 is 47.1 Å². The van der Waals surface area contributed by atoms with Crippen LogP contribution in [0.5, 0.6) is 0 Å². The number of fused-ring (bicyclic) bond motifs is 10. The summed E-state index contributed by atoms with van der Waals surface area (Å²) in [6, 6.07) is 17.4. The third-order valence-corrected chi connectivity index (χ3v) is 18.5. The molecule has 0 saturated heterocycles.